The number of aryl methyl sites for hydroxylation is 1. The molecule has 6 nitrogen and oxygen atoms in total. The molecular weight excluding hydrogens is 338 g/mol. The fourth-order valence-electron chi connectivity index (χ4n) is 3.31. The first kappa shape index (κ1) is 17.4. The Kier molecular flexibility index (Phi) is 4.71. The van der Waals surface area contributed by atoms with Gasteiger partial charge in [0, 0.05) is 47.9 Å². The zero-order chi connectivity index (χ0) is 18.8. The van der Waals surface area contributed by atoms with Gasteiger partial charge in [0.05, 0.1) is 18.4 Å². The minimum Gasteiger partial charge on any atom is -0.354 e. The van der Waals surface area contributed by atoms with Gasteiger partial charge in [-0.2, -0.15) is 5.10 Å². The maximum atomic E-state index is 12.1. The highest BCUT2D eigenvalue weighted by atomic mass is 16.2. The summed E-state index contributed by atoms with van der Waals surface area (Å²) in [6, 6.07) is 8.01. The van der Waals surface area contributed by atoms with Gasteiger partial charge >= 0.3 is 0 Å². The molecule has 0 unspecified atom stereocenters. The van der Waals surface area contributed by atoms with Crippen LogP contribution >= 0.6 is 0 Å². The van der Waals surface area contributed by atoms with Crippen LogP contribution in [0.5, 0.6) is 0 Å². The normalized spacial score (nSPS) is 18.3. The Balaban J connectivity index is 1.60. The summed E-state index contributed by atoms with van der Waals surface area (Å²) in [6.45, 7) is 5.26. The van der Waals surface area contributed by atoms with Gasteiger partial charge in [0.2, 0.25) is 5.91 Å². The molecule has 1 N–H and O–H groups in total. The molecule has 0 aromatic carbocycles. The molecule has 0 saturated heterocycles. The minimum atomic E-state index is 0.155. The number of carbonyl (C=O) groups is 1. The summed E-state index contributed by atoms with van der Waals surface area (Å²) in [5, 5.41) is 7.62. The minimum absolute atomic E-state index is 0.155. The lowest BCUT2D eigenvalue weighted by Crippen LogP contribution is -2.29. The predicted molar refractivity (Wildman–Crippen MR) is 104 cm³/mol. The molecule has 138 valence electrons. The maximum absolute atomic E-state index is 12.1. The summed E-state index contributed by atoms with van der Waals surface area (Å²) in [4.78, 5) is 20.6. The highest BCUT2D eigenvalue weighted by molar-refractivity contribution is 5.81. The van der Waals surface area contributed by atoms with Crippen molar-refractivity contribution in [3.63, 3.8) is 0 Å². The third-order valence-corrected chi connectivity index (χ3v) is 5.08. The average Bonchev–Trinajstić information content (AvgIpc) is 3.27. The summed E-state index contributed by atoms with van der Waals surface area (Å²) in [6.07, 6.45) is 8.30. The Labute approximate surface area is 158 Å². The third kappa shape index (κ3) is 3.74. The zero-order valence-corrected chi connectivity index (χ0v) is 15.6. The average molecular weight is 361 g/mol. The number of nitrogens with zero attached hydrogens (tertiary/aromatic N) is 4. The van der Waals surface area contributed by atoms with Gasteiger partial charge in [-0.15, -0.1) is 0 Å². The van der Waals surface area contributed by atoms with E-state index in [1.54, 1.807) is 12.4 Å². The number of rotatable bonds is 6. The van der Waals surface area contributed by atoms with Crippen LogP contribution in [-0.2, 0) is 11.3 Å². The van der Waals surface area contributed by atoms with Gasteiger partial charge in [-0.3, -0.25) is 19.4 Å². The summed E-state index contributed by atoms with van der Waals surface area (Å²) in [5.74, 6) is 0.862. The summed E-state index contributed by atoms with van der Waals surface area (Å²) in [7, 11) is 0. The van der Waals surface area contributed by atoms with E-state index in [0.29, 0.717) is 19.0 Å². The molecule has 4 rings (SSSR count). The van der Waals surface area contributed by atoms with Crippen LogP contribution in [0.4, 0.5) is 0 Å². The number of aromatic nitrogens is 4. The molecule has 3 aromatic heterocycles. The Morgan fingerprint density at radius 1 is 1.19 bits per heavy atom. The summed E-state index contributed by atoms with van der Waals surface area (Å²) in [5.41, 5.74) is 5.07. The number of amides is 1. The highest BCUT2D eigenvalue weighted by Crippen LogP contribution is 2.37. The van der Waals surface area contributed by atoms with E-state index in [1.807, 2.05) is 42.2 Å². The number of carbonyl (C=O) groups excluding carboxylic acids is 1. The summed E-state index contributed by atoms with van der Waals surface area (Å²) >= 11 is 0. The topological polar surface area (TPSA) is 72.7 Å². The number of hydrogen-bond donors (Lipinski definition) is 1. The largest absolute Gasteiger partial charge is 0.354 e. The lowest BCUT2D eigenvalue weighted by atomic mass is 10.0. The van der Waals surface area contributed by atoms with E-state index >= 15 is 0 Å². The lowest BCUT2D eigenvalue weighted by Gasteiger charge is -2.11. The van der Waals surface area contributed by atoms with Crippen molar-refractivity contribution in [3.8, 4) is 22.4 Å². The van der Waals surface area contributed by atoms with E-state index in [-0.39, 0.29) is 11.8 Å². The van der Waals surface area contributed by atoms with Gasteiger partial charge in [0.15, 0.2) is 0 Å². The van der Waals surface area contributed by atoms with Gasteiger partial charge in [0.25, 0.3) is 0 Å². The SMILES string of the molecule is Cc1ccc(-c2c(-c3ccncc3)cnn2CCNC(=O)[C@@H]2C[C@H]2C)cn1. The molecule has 0 radical (unpaired) electrons. The molecule has 0 spiro atoms. The van der Waals surface area contributed by atoms with Crippen LogP contribution < -0.4 is 5.32 Å². The molecular formula is C21H23N5O. The Morgan fingerprint density at radius 3 is 2.63 bits per heavy atom. The molecule has 1 aliphatic rings. The number of nitrogens with one attached hydrogen (secondary N) is 1. The first-order valence-corrected chi connectivity index (χ1v) is 9.30. The van der Waals surface area contributed by atoms with Crippen LogP contribution in [0, 0.1) is 18.8 Å². The lowest BCUT2D eigenvalue weighted by molar-refractivity contribution is -0.122. The molecule has 3 aromatic rings. The number of pyridine rings is 2. The van der Waals surface area contributed by atoms with Crippen molar-refractivity contribution >= 4 is 5.91 Å². The molecule has 1 aliphatic carbocycles. The molecule has 6 heteroatoms. The van der Waals surface area contributed by atoms with Crippen LogP contribution in [0.25, 0.3) is 22.4 Å². The monoisotopic (exact) mass is 361 g/mol. The molecule has 0 aliphatic heterocycles. The van der Waals surface area contributed by atoms with E-state index < -0.39 is 0 Å². The molecule has 27 heavy (non-hydrogen) atoms. The maximum Gasteiger partial charge on any atom is 0.223 e. The first-order valence-electron chi connectivity index (χ1n) is 9.30. The van der Waals surface area contributed by atoms with E-state index in [0.717, 1.165) is 34.5 Å². The van der Waals surface area contributed by atoms with E-state index in [9.17, 15) is 4.79 Å². The summed E-state index contributed by atoms with van der Waals surface area (Å²) < 4.78 is 1.94. The molecule has 1 amide bonds. The predicted octanol–water partition coefficient (Wildman–Crippen LogP) is 3.09. The van der Waals surface area contributed by atoms with Crippen molar-refractivity contribution in [2.75, 3.05) is 6.54 Å². The van der Waals surface area contributed by atoms with Gasteiger partial charge < -0.3 is 5.32 Å². The smallest absolute Gasteiger partial charge is 0.223 e. The number of hydrogen-bond acceptors (Lipinski definition) is 4. The highest BCUT2D eigenvalue weighted by Gasteiger charge is 2.38. The molecule has 1 saturated carbocycles. The van der Waals surface area contributed by atoms with E-state index in [1.165, 1.54) is 0 Å². The fraction of sp³-hybridized carbons (Fsp3) is 0.333. The molecule has 0 bridgehead atoms. The molecule has 2 atom stereocenters. The Morgan fingerprint density at radius 2 is 1.96 bits per heavy atom. The van der Waals surface area contributed by atoms with Crippen LogP contribution in [0.2, 0.25) is 0 Å². The fourth-order valence-corrected chi connectivity index (χ4v) is 3.31. The molecule has 1 fully saturated rings. The van der Waals surface area contributed by atoms with Crippen LogP contribution in [0.1, 0.15) is 19.0 Å². The van der Waals surface area contributed by atoms with E-state index in [4.69, 9.17) is 0 Å². The standard InChI is InChI=1S/C21H23N5O/c1-14-11-18(14)21(27)23-9-10-26-20(17-4-3-15(2)24-12-17)19(13-25-26)16-5-7-22-8-6-16/h3-8,12-14,18H,9-11H2,1-2H3,(H,23,27)/t14-,18-/m1/s1. The second kappa shape index (κ2) is 7.31. The van der Waals surface area contributed by atoms with Crippen LogP contribution in [0.3, 0.4) is 0 Å². The Bertz CT molecular complexity index is 933. The van der Waals surface area contributed by atoms with Crippen molar-refractivity contribution < 1.29 is 4.79 Å². The van der Waals surface area contributed by atoms with Crippen molar-refractivity contribution in [2.45, 2.75) is 26.8 Å². The third-order valence-electron chi connectivity index (χ3n) is 5.08. The zero-order valence-electron chi connectivity index (χ0n) is 15.6. The second-order valence-corrected chi connectivity index (χ2v) is 7.16. The van der Waals surface area contributed by atoms with Crippen molar-refractivity contribution in [1.29, 1.82) is 0 Å². The first-order chi connectivity index (χ1) is 13.1. The second-order valence-electron chi connectivity index (χ2n) is 7.16. The quantitative estimate of drug-likeness (QED) is 0.732. The van der Waals surface area contributed by atoms with Crippen LogP contribution in [-0.4, -0.2) is 32.2 Å². The molecule has 3 heterocycles. The van der Waals surface area contributed by atoms with E-state index in [2.05, 4.69) is 33.4 Å². The van der Waals surface area contributed by atoms with Crippen LogP contribution in [0.15, 0.2) is 49.1 Å². The van der Waals surface area contributed by atoms with Crippen molar-refractivity contribution in [1.82, 2.24) is 25.1 Å². The van der Waals surface area contributed by atoms with Gasteiger partial charge in [-0.1, -0.05) is 6.92 Å². The van der Waals surface area contributed by atoms with Gasteiger partial charge in [0.1, 0.15) is 0 Å². The van der Waals surface area contributed by atoms with Gasteiger partial charge in [-0.25, -0.2) is 0 Å². The van der Waals surface area contributed by atoms with Crippen molar-refractivity contribution in [2.24, 2.45) is 11.8 Å². The Hall–Kier alpha value is -3.02. The van der Waals surface area contributed by atoms with Crippen molar-refractivity contribution in [3.05, 3.63) is 54.7 Å². The van der Waals surface area contributed by atoms with Gasteiger partial charge in [-0.05, 0) is 49.1 Å².